The molecular formula is C12H20O3. The molecule has 0 aromatic heterocycles. The van der Waals surface area contributed by atoms with Gasteiger partial charge in [-0.2, -0.15) is 0 Å². The summed E-state index contributed by atoms with van der Waals surface area (Å²) < 4.78 is 11.0. The molecule has 0 aromatic rings. The van der Waals surface area contributed by atoms with E-state index in [4.69, 9.17) is 9.47 Å². The summed E-state index contributed by atoms with van der Waals surface area (Å²) in [6.07, 6.45) is 4.85. The number of ether oxygens (including phenoxy) is 2. The summed E-state index contributed by atoms with van der Waals surface area (Å²) >= 11 is 0. The molecule has 2 aliphatic heterocycles. The van der Waals surface area contributed by atoms with E-state index in [2.05, 4.69) is 0 Å². The number of Topliss-reactive ketones (excluding diaryl/α,β-unsaturated/α-hetero) is 1. The summed E-state index contributed by atoms with van der Waals surface area (Å²) in [6, 6.07) is 0. The van der Waals surface area contributed by atoms with E-state index in [1.54, 1.807) is 0 Å². The predicted molar refractivity (Wildman–Crippen MR) is 56.8 cm³/mol. The van der Waals surface area contributed by atoms with Crippen LogP contribution < -0.4 is 0 Å². The van der Waals surface area contributed by atoms with E-state index in [-0.39, 0.29) is 5.92 Å². The van der Waals surface area contributed by atoms with Gasteiger partial charge in [0.1, 0.15) is 5.60 Å². The first-order valence-electron chi connectivity index (χ1n) is 5.98. The van der Waals surface area contributed by atoms with E-state index in [0.717, 1.165) is 51.9 Å². The smallest absolute Gasteiger partial charge is 0.167 e. The lowest BCUT2D eigenvalue weighted by atomic mass is 9.81. The van der Waals surface area contributed by atoms with Crippen LogP contribution in [0.5, 0.6) is 0 Å². The first kappa shape index (κ1) is 11.1. The third kappa shape index (κ3) is 2.40. The molecule has 15 heavy (non-hydrogen) atoms. The van der Waals surface area contributed by atoms with Crippen LogP contribution in [0.15, 0.2) is 0 Å². The van der Waals surface area contributed by atoms with Gasteiger partial charge in [-0.1, -0.05) is 0 Å². The lowest BCUT2D eigenvalue weighted by Gasteiger charge is -2.36. The van der Waals surface area contributed by atoms with Crippen molar-refractivity contribution in [2.75, 3.05) is 19.8 Å². The van der Waals surface area contributed by atoms with Gasteiger partial charge in [-0.05, 0) is 39.0 Å². The maximum Gasteiger partial charge on any atom is 0.167 e. The van der Waals surface area contributed by atoms with Crippen molar-refractivity contribution in [3.05, 3.63) is 0 Å². The molecule has 0 spiro atoms. The van der Waals surface area contributed by atoms with Crippen molar-refractivity contribution in [3.63, 3.8) is 0 Å². The van der Waals surface area contributed by atoms with Gasteiger partial charge in [0.25, 0.3) is 0 Å². The van der Waals surface area contributed by atoms with Gasteiger partial charge in [0.15, 0.2) is 5.78 Å². The summed E-state index contributed by atoms with van der Waals surface area (Å²) in [5.41, 5.74) is -0.500. The third-order valence-electron chi connectivity index (χ3n) is 3.58. The van der Waals surface area contributed by atoms with Crippen molar-refractivity contribution in [3.8, 4) is 0 Å². The zero-order valence-corrected chi connectivity index (χ0v) is 9.46. The van der Waals surface area contributed by atoms with Crippen LogP contribution >= 0.6 is 0 Å². The number of rotatable bonds is 2. The Bertz CT molecular complexity index is 225. The van der Waals surface area contributed by atoms with Crippen LogP contribution in [0.2, 0.25) is 0 Å². The van der Waals surface area contributed by atoms with Crippen molar-refractivity contribution in [2.45, 2.75) is 44.6 Å². The minimum absolute atomic E-state index is 0.168. The Labute approximate surface area is 91.1 Å². The maximum atomic E-state index is 12.3. The van der Waals surface area contributed by atoms with Crippen LogP contribution in [0.25, 0.3) is 0 Å². The van der Waals surface area contributed by atoms with Crippen molar-refractivity contribution in [2.24, 2.45) is 5.92 Å². The van der Waals surface area contributed by atoms with Crippen LogP contribution in [0.1, 0.15) is 39.0 Å². The highest BCUT2D eigenvalue weighted by molar-refractivity contribution is 5.89. The first-order valence-corrected chi connectivity index (χ1v) is 5.98. The average Bonchev–Trinajstić information content (AvgIpc) is 2.30. The summed E-state index contributed by atoms with van der Waals surface area (Å²) in [4.78, 5) is 12.3. The number of carbonyl (C=O) groups excluding carboxylic acids is 1. The fourth-order valence-electron chi connectivity index (χ4n) is 2.52. The Kier molecular flexibility index (Phi) is 3.42. The van der Waals surface area contributed by atoms with E-state index in [0.29, 0.717) is 5.78 Å². The molecule has 0 aliphatic carbocycles. The SMILES string of the molecule is CC1(C(=O)C2CCOCC2)CCCCO1. The van der Waals surface area contributed by atoms with Crippen molar-refractivity contribution < 1.29 is 14.3 Å². The Morgan fingerprint density at radius 2 is 1.93 bits per heavy atom. The average molecular weight is 212 g/mol. The molecule has 0 amide bonds. The molecular weight excluding hydrogens is 192 g/mol. The number of ketones is 1. The molecule has 2 rings (SSSR count). The molecule has 2 saturated heterocycles. The minimum Gasteiger partial charge on any atom is -0.381 e. The highest BCUT2D eigenvalue weighted by Gasteiger charge is 2.40. The fourth-order valence-corrected chi connectivity index (χ4v) is 2.52. The quantitative estimate of drug-likeness (QED) is 0.701. The molecule has 1 atom stereocenters. The van der Waals surface area contributed by atoms with Gasteiger partial charge in [-0.25, -0.2) is 0 Å². The maximum absolute atomic E-state index is 12.3. The van der Waals surface area contributed by atoms with Gasteiger partial charge in [0.05, 0.1) is 0 Å². The largest absolute Gasteiger partial charge is 0.381 e. The first-order chi connectivity index (χ1) is 7.22. The lowest BCUT2D eigenvalue weighted by Crippen LogP contribution is -2.46. The Morgan fingerprint density at radius 3 is 2.53 bits per heavy atom. The molecule has 2 aliphatic rings. The normalized spacial score (nSPS) is 33.9. The molecule has 0 aromatic carbocycles. The number of hydrogen-bond acceptors (Lipinski definition) is 3. The second-order valence-electron chi connectivity index (χ2n) is 4.79. The third-order valence-corrected chi connectivity index (χ3v) is 3.58. The summed E-state index contributed by atoms with van der Waals surface area (Å²) in [5, 5.41) is 0. The highest BCUT2D eigenvalue weighted by atomic mass is 16.5. The second-order valence-corrected chi connectivity index (χ2v) is 4.79. The van der Waals surface area contributed by atoms with Crippen molar-refractivity contribution in [1.82, 2.24) is 0 Å². The predicted octanol–water partition coefficient (Wildman–Crippen LogP) is 1.94. The standard InChI is InChI=1S/C12H20O3/c1-12(6-2-3-7-15-12)11(13)10-4-8-14-9-5-10/h10H,2-9H2,1H3. The molecule has 3 nitrogen and oxygen atoms in total. The van der Waals surface area contributed by atoms with Gasteiger partial charge >= 0.3 is 0 Å². The summed E-state index contributed by atoms with van der Waals surface area (Å²) in [6.45, 7) is 4.16. The van der Waals surface area contributed by atoms with Gasteiger partial charge in [-0.15, -0.1) is 0 Å². The number of carbonyl (C=O) groups is 1. The zero-order valence-electron chi connectivity index (χ0n) is 9.46. The van der Waals surface area contributed by atoms with Crippen LogP contribution in [-0.2, 0) is 14.3 Å². The summed E-state index contributed by atoms with van der Waals surface area (Å²) in [7, 11) is 0. The van der Waals surface area contributed by atoms with E-state index in [9.17, 15) is 4.79 Å². The molecule has 3 heteroatoms. The Balaban J connectivity index is 1.98. The zero-order chi connectivity index (χ0) is 10.7. The van der Waals surface area contributed by atoms with Crippen LogP contribution in [0.4, 0.5) is 0 Å². The van der Waals surface area contributed by atoms with Gasteiger partial charge in [0.2, 0.25) is 0 Å². The molecule has 1 unspecified atom stereocenters. The molecule has 0 bridgehead atoms. The molecule has 2 fully saturated rings. The van der Waals surface area contributed by atoms with Crippen LogP contribution in [0.3, 0.4) is 0 Å². The number of hydrogen-bond donors (Lipinski definition) is 0. The topological polar surface area (TPSA) is 35.5 Å². The fraction of sp³-hybridized carbons (Fsp3) is 0.917. The van der Waals surface area contributed by atoms with E-state index in [1.165, 1.54) is 0 Å². The summed E-state index contributed by atoms with van der Waals surface area (Å²) in [5.74, 6) is 0.479. The Morgan fingerprint density at radius 1 is 1.20 bits per heavy atom. The Hall–Kier alpha value is -0.410. The van der Waals surface area contributed by atoms with Gasteiger partial charge in [-0.3, -0.25) is 4.79 Å². The molecule has 0 radical (unpaired) electrons. The minimum atomic E-state index is -0.500. The highest BCUT2D eigenvalue weighted by Crippen LogP contribution is 2.31. The van der Waals surface area contributed by atoms with Crippen molar-refractivity contribution in [1.29, 1.82) is 0 Å². The van der Waals surface area contributed by atoms with Gasteiger partial charge < -0.3 is 9.47 Å². The molecule has 0 saturated carbocycles. The van der Waals surface area contributed by atoms with Gasteiger partial charge in [0, 0.05) is 25.7 Å². The second kappa shape index (κ2) is 4.62. The van der Waals surface area contributed by atoms with E-state index in [1.807, 2.05) is 6.92 Å². The molecule has 86 valence electrons. The van der Waals surface area contributed by atoms with Crippen LogP contribution in [-0.4, -0.2) is 31.2 Å². The molecule has 2 heterocycles. The molecule has 0 N–H and O–H groups in total. The van der Waals surface area contributed by atoms with Crippen LogP contribution in [0, 0.1) is 5.92 Å². The van der Waals surface area contributed by atoms with E-state index >= 15 is 0 Å². The lowest BCUT2D eigenvalue weighted by molar-refractivity contribution is -0.155. The van der Waals surface area contributed by atoms with Crippen molar-refractivity contribution >= 4 is 5.78 Å². The monoisotopic (exact) mass is 212 g/mol. The van der Waals surface area contributed by atoms with E-state index < -0.39 is 5.60 Å².